The summed E-state index contributed by atoms with van der Waals surface area (Å²) < 4.78 is 14.2. The largest absolute Gasteiger partial charge is 0.465 e. The monoisotopic (exact) mass is 390 g/mol. The van der Waals surface area contributed by atoms with Crippen molar-refractivity contribution < 1.29 is 19.1 Å². The number of anilines is 1. The van der Waals surface area contributed by atoms with Crippen molar-refractivity contribution in [2.24, 2.45) is 5.92 Å². The van der Waals surface area contributed by atoms with E-state index < -0.39 is 17.8 Å². The Balaban J connectivity index is 1.49. The van der Waals surface area contributed by atoms with Crippen LogP contribution in [-0.4, -0.2) is 44.8 Å². The molecular weight excluding hydrogens is 371 g/mol. The quantitative estimate of drug-likeness (QED) is 0.787. The highest BCUT2D eigenvalue weighted by molar-refractivity contribution is 7.15. The second kappa shape index (κ2) is 6.88. The molecule has 2 aromatic rings. The molecule has 142 valence electrons. The lowest BCUT2D eigenvalue weighted by molar-refractivity contribution is 0.102. The first-order valence-corrected chi connectivity index (χ1v) is 9.64. The molecule has 4 rings (SSSR count). The third-order valence-corrected chi connectivity index (χ3v) is 5.72. The smallest absolute Gasteiger partial charge is 0.407 e. The molecule has 27 heavy (non-hydrogen) atoms. The summed E-state index contributed by atoms with van der Waals surface area (Å²) in [5, 5.41) is 20.7. The molecular formula is C18H19FN4O3S. The average molecular weight is 390 g/mol. The second-order valence-corrected chi connectivity index (χ2v) is 8.29. The van der Waals surface area contributed by atoms with Crippen molar-refractivity contribution in [3.63, 3.8) is 0 Å². The van der Waals surface area contributed by atoms with Crippen molar-refractivity contribution in [1.82, 2.24) is 15.1 Å². The maximum absolute atomic E-state index is 14.2. The van der Waals surface area contributed by atoms with Gasteiger partial charge in [0, 0.05) is 18.5 Å². The Bertz CT molecular complexity index is 898. The van der Waals surface area contributed by atoms with Crippen molar-refractivity contribution in [2.45, 2.75) is 38.1 Å². The van der Waals surface area contributed by atoms with E-state index in [1.807, 2.05) is 0 Å². The molecule has 0 spiro atoms. The van der Waals surface area contributed by atoms with Gasteiger partial charge in [0.15, 0.2) is 0 Å². The summed E-state index contributed by atoms with van der Waals surface area (Å²) >= 11 is 1.21. The van der Waals surface area contributed by atoms with E-state index in [1.165, 1.54) is 28.4 Å². The van der Waals surface area contributed by atoms with Gasteiger partial charge in [-0.15, -0.1) is 10.2 Å². The molecule has 1 heterocycles. The van der Waals surface area contributed by atoms with Crippen LogP contribution in [0.25, 0.3) is 0 Å². The molecule has 2 N–H and O–H groups in total. The first kappa shape index (κ1) is 17.8. The summed E-state index contributed by atoms with van der Waals surface area (Å²) in [6, 6.07) is 4.30. The predicted molar refractivity (Wildman–Crippen MR) is 97.6 cm³/mol. The van der Waals surface area contributed by atoms with Crippen molar-refractivity contribution in [3.8, 4) is 0 Å². The van der Waals surface area contributed by atoms with E-state index in [9.17, 15) is 19.1 Å². The van der Waals surface area contributed by atoms with Crippen LogP contribution in [0.1, 0.15) is 46.1 Å². The number of hydrogen-bond acceptors (Lipinski definition) is 5. The lowest BCUT2D eigenvalue weighted by atomic mass is 10.1. The van der Waals surface area contributed by atoms with Crippen molar-refractivity contribution in [3.05, 3.63) is 40.2 Å². The molecule has 2 fully saturated rings. The predicted octanol–water partition coefficient (Wildman–Crippen LogP) is 3.48. The van der Waals surface area contributed by atoms with Gasteiger partial charge in [0.25, 0.3) is 5.91 Å². The van der Waals surface area contributed by atoms with Crippen LogP contribution in [0.3, 0.4) is 0 Å². The van der Waals surface area contributed by atoms with Crippen LogP contribution in [0.5, 0.6) is 0 Å². The van der Waals surface area contributed by atoms with Gasteiger partial charge in [-0.1, -0.05) is 17.4 Å². The minimum atomic E-state index is -0.916. The molecule has 1 aromatic carbocycles. The van der Waals surface area contributed by atoms with Crippen LogP contribution in [-0.2, 0) is 0 Å². The SMILES string of the molecule is Cc1nnc(NC(=O)c2cc(C3CC3N(CC3CC3)C(=O)O)ccc2F)s1. The van der Waals surface area contributed by atoms with Gasteiger partial charge in [-0.05, 0) is 49.8 Å². The van der Waals surface area contributed by atoms with Gasteiger partial charge in [0.1, 0.15) is 10.8 Å². The number of nitrogens with zero attached hydrogens (tertiary/aromatic N) is 3. The number of aromatic nitrogens is 2. The van der Waals surface area contributed by atoms with Gasteiger partial charge in [-0.25, -0.2) is 9.18 Å². The van der Waals surface area contributed by atoms with Gasteiger partial charge in [-0.2, -0.15) is 0 Å². The maximum atomic E-state index is 14.2. The molecule has 2 saturated carbocycles. The van der Waals surface area contributed by atoms with Gasteiger partial charge in [0.2, 0.25) is 5.13 Å². The first-order valence-electron chi connectivity index (χ1n) is 8.83. The van der Waals surface area contributed by atoms with Crippen LogP contribution in [0.4, 0.5) is 14.3 Å². The summed E-state index contributed by atoms with van der Waals surface area (Å²) in [4.78, 5) is 25.4. The fourth-order valence-electron chi connectivity index (χ4n) is 3.28. The van der Waals surface area contributed by atoms with Crippen LogP contribution >= 0.6 is 11.3 Å². The Hall–Kier alpha value is -2.55. The van der Waals surface area contributed by atoms with Crippen molar-refractivity contribution >= 4 is 28.5 Å². The maximum Gasteiger partial charge on any atom is 0.407 e. The van der Waals surface area contributed by atoms with E-state index in [0.29, 0.717) is 29.0 Å². The zero-order valence-electron chi connectivity index (χ0n) is 14.7. The minimum absolute atomic E-state index is 0.00391. The van der Waals surface area contributed by atoms with Crippen LogP contribution in [0.2, 0.25) is 0 Å². The number of hydrogen-bond donors (Lipinski definition) is 2. The fraction of sp³-hybridized carbons (Fsp3) is 0.444. The lowest BCUT2D eigenvalue weighted by Gasteiger charge is -2.19. The van der Waals surface area contributed by atoms with Gasteiger partial charge < -0.3 is 10.0 Å². The molecule has 0 aliphatic heterocycles. The summed E-state index contributed by atoms with van der Waals surface area (Å²) in [5.41, 5.74) is 0.706. The van der Waals surface area contributed by atoms with E-state index in [-0.39, 0.29) is 17.5 Å². The van der Waals surface area contributed by atoms with Gasteiger partial charge in [-0.3, -0.25) is 10.1 Å². The number of aryl methyl sites for hydroxylation is 1. The fourth-order valence-corrected chi connectivity index (χ4v) is 3.86. The average Bonchev–Trinajstić information content (AvgIpc) is 3.53. The van der Waals surface area contributed by atoms with Crippen LogP contribution < -0.4 is 5.32 Å². The summed E-state index contributed by atoms with van der Waals surface area (Å²) in [6.07, 6.45) is 1.93. The van der Waals surface area contributed by atoms with E-state index in [2.05, 4.69) is 15.5 Å². The van der Waals surface area contributed by atoms with E-state index in [4.69, 9.17) is 0 Å². The molecule has 0 bridgehead atoms. The molecule has 2 aliphatic carbocycles. The number of carbonyl (C=O) groups excluding carboxylic acids is 1. The molecule has 1 aromatic heterocycles. The van der Waals surface area contributed by atoms with E-state index in [1.54, 1.807) is 13.0 Å². The molecule has 2 amide bonds. The van der Waals surface area contributed by atoms with Crippen molar-refractivity contribution in [2.75, 3.05) is 11.9 Å². The summed E-state index contributed by atoms with van der Waals surface area (Å²) in [5.74, 6) is -0.749. The molecule has 2 unspecified atom stereocenters. The highest BCUT2D eigenvalue weighted by Crippen LogP contribution is 2.46. The minimum Gasteiger partial charge on any atom is -0.465 e. The Morgan fingerprint density at radius 1 is 1.37 bits per heavy atom. The molecule has 2 atom stereocenters. The van der Waals surface area contributed by atoms with E-state index in [0.717, 1.165) is 18.4 Å². The van der Waals surface area contributed by atoms with Crippen LogP contribution in [0.15, 0.2) is 18.2 Å². The summed E-state index contributed by atoms with van der Waals surface area (Å²) in [6.45, 7) is 2.32. The Labute approximate surface area is 159 Å². The van der Waals surface area contributed by atoms with E-state index >= 15 is 0 Å². The molecule has 0 radical (unpaired) electrons. The molecule has 9 heteroatoms. The number of nitrogens with one attached hydrogen (secondary N) is 1. The Kier molecular flexibility index (Phi) is 4.55. The standard InChI is InChI=1S/C18H19FN4O3S/c1-9-21-22-17(27-9)20-16(24)13-6-11(4-5-14(13)19)12-7-15(12)23(18(25)26)8-10-2-3-10/h4-6,10,12,15H,2-3,7-8H2,1H3,(H,25,26)(H,20,22,24). The number of carboxylic acid groups (broad SMARTS) is 1. The Morgan fingerprint density at radius 3 is 2.78 bits per heavy atom. The van der Waals surface area contributed by atoms with Gasteiger partial charge in [0.05, 0.1) is 5.56 Å². The summed E-state index contributed by atoms with van der Waals surface area (Å²) in [7, 11) is 0. The molecule has 0 saturated heterocycles. The molecule has 2 aliphatic rings. The van der Waals surface area contributed by atoms with Crippen LogP contribution in [0, 0.1) is 18.7 Å². The highest BCUT2D eigenvalue weighted by Gasteiger charge is 2.46. The zero-order valence-corrected chi connectivity index (χ0v) is 15.5. The Morgan fingerprint density at radius 2 is 2.15 bits per heavy atom. The number of amides is 2. The third-order valence-electron chi connectivity index (χ3n) is 4.96. The third kappa shape index (κ3) is 3.92. The number of carbonyl (C=O) groups is 2. The first-order chi connectivity index (χ1) is 12.9. The highest BCUT2D eigenvalue weighted by atomic mass is 32.1. The second-order valence-electron chi connectivity index (χ2n) is 7.11. The van der Waals surface area contributed by atoms with Gasteiger partial charge >= 0.3 is 6.09 Å². The number of rotatable bonds is 6. The zero-order chi connectivity index (χ0) is 19.1. The molecule has 7 nitrogen and oxygen atoms in total. The normalized spacial score (nSPS) is 21.0. The lowest BCUT2D eigenvalue weighted by Crippen LogP contribution is -2.34. The van der Waals surface area contributed by atoms with Crippen molar-refractivity contribution in [1.29, 1.82) is 0 Å². The topological polar surface area (TPSA) is 95.4 Å². The number of benzene rings is 1. The number of halogens is 1.